The molecule has 0 saturated heterocycles. The van der Waals surface area contributed by atoms with Crippen LogP contribution in [0.3, 0.4) is 0 Å². The second-order valence-corrected chi connectivity index (χ2v) is 3.38. The molecule has 0 bridgehead atoms. The van der Waals surface area contributed by atoms with Crippen LogP contribution in [-0.4, -0.2) is 11.3 Å². The Balaban J connectivity index is 3.15. The number of alkyl halides is 3. The normalized spacial score (nSPS) is 10.9. The summed E-state index contributed by atoms with van der Waals surface area (Å²) in [6, 6.07) is 2.44. The van der Waals surface area contributed by atoms with E-state index in [-0.39, 0.29) is 15.3 Å². The lowest BCUT2D eigenvalue weighted by atomic mass is 10.3. The zero-order valence-electron chi connectivity index (χ0n) is 6.77. The van der Waals surface area contributed by atoms with Gasteiger partial charge in [0.1, 0.15) is 15.8 Å². The van der Waals surface area contributed by atoms with Crippen molar-refractivity contribution < 1.29 is 17.9 Å². The van der Waals surface area contributed by atoms with E-state index in [2.05, 4.69) is 25.7 Å². The molecule has 1 aromatic rings. The average molecular weight is 301 g/mol. The highest BCUT2D eigenvalue weighted by Gasteiger charge is 2.32. The number of aromatic nitrogens is 1. The van der Waals surface area contributed by atoms with Crippen LogP contribution in [0.5, 0.6) is 5.75 Å². The molecule has 0 fully saturated rings. The first-order valence-corrected chi connectivity index (χ1v) is 4.52. The molecule has 0 spiro atoms. The Bertz CT molecular complexity index is 429. The Labute approximate surface area is 95.6 Å². The van der Waals surface area contributed by atoms with E-state index >= 15 is 0 Å². The maximum atomic E-state index is 11.9. The van der Waals surface area contributed by atoms with Crippen molar-refractivity contribution in [2.75, 3.05) is 0 Å². The van der Waals surface area contributed by atoms with Crippen molar-refractivity contribution in [3.05, 3.63) is 21.4 Å². The summed E-state index contributed by atoms with van der Waals surface area (Å²) in [4.78, 5) is 3.46. The molecule has 0 aliphatic heterocycles. The number of pyridine rings is 1. The molecule has 1 aromatic heterocycles. The zero-order chi connectivity index (χ0) is 11.6. The van der Waals surface area contributed by atoms with Gasteiger partial charge in [-0.15, -0.1) is 13.2 Å². The predicted molar refractivity (Wildman–Crippen MR) is 48.3 cm³/mol. The number of halogens is 5. The van der Waals surface area contributed by atoms with Gasteiger partial charge >= 0.3 is 6.36 Å². The molecule has 80 valence electrons. The highest BCUT2D eigenvalue weighted by molar-refractivity contribution is 9.10. The van der Waals surface area contributed by atoms with Gasteiger partial charge in [-0.3, -0.25) is 0 Å². The van der Waals surface area contributed by atoms with E-state index < -0.39 is 12.1 Å². The van der Waals surface area contributed by atoms with Gasteiger partial charge in [-0.1, -0.05) is 11.6 Å². The zero-order valence-corrected chi connectivity index (χ0v) is 9.11. The fourth-order valence-electron chi connectivity index (χ4n) is 0.726. The van der Waals surface area contributed by atoms with Gasteiger partial charge in [0.05, 0.1) is 5.56 Å². The number of ether oxygens (including phenoxy) is 1. The molecule has 0 aliphatic rings. The van der Waals surface area contributed by atoms with E-state index in [1.54, 1.807) is 6.07 Å². The summed E-state index contributed by atoms with van der Waals surface area (Å²) in [5, 5.41) is 8.31. The van der Waals surface area contributed by atoms with Crippen molar-refractivity contribution in [2.45, 2.75) is 6.36 Å². The highest BCUT2D eigenvalue weighted by atomic mass is 79.9. The van der Waals surface area contributed by atoms with E-state index in [1.807, 2.05) is 0 Å². The van der Waals surface area contributed by atoms with E-state index in [4.69, 9.17) is 16.9 Å². The molecule has 3 nitrogen and oxygen atoms in total. The van der Waals surface area contributed by atoms with Crippen LogP contribution < -0.4 is 4.74 Å². The molecule has 0 radical (unpaired) electrons. The molecule has 1 heterocycles. The third kappa shape index (κ3) is 3.25. The van der Waals surface area contributed by atoms with Crippen LogP contribution in [0.4, 0.5) is 13.2 Å². The molecule has 0 aromatic carbocycles. The van der Waals surface area contributed by atoms with Gasteiger partial charge in [0.2, 0.25) is 0 Å². The molecule has 0 amide bonds. The second kappa shape index (κ2) is 4.24. The van der Waals surface area contributed by atoms with E-state index in [0.29, 0.717) is 0 Å². The average Bonchev–Trinajstić information content (AvgIpc) is 2.07. The van der Waals surface area contributed by atoms with Crippen LogP contribution >= 0.6 is 27.5 Å². The lowest BCUT2D eigenvalue weighted by Crippen LogP contribution is -2.17. The van der Waals surface area contributed by atoms with Crippen LogP contribution in [-0.2, 0) is 0 Å². The maximum Gasteiger partial charge on any atom is 0.573 e. The molecule has 0 saturated carbocycles. The van der Waals surface area contributed by atoms with Gasteiger partial charge in [0.15, 0.2) is 5.75 Å². The monoisotopic (exact) mass is 300 g/mol. The summed E-state index contributed by atoms with van der Waals surface area (Å²) in [6.45, 7) is 0. The number of nitriles is 1. The number of rotatable bonds is 1. The molecule has 0 N–H and O–H groups in total. The fraction of sp³-hybridized carbons (Fsp3) is 0.143. The smallest absolute Gasteiger partial charge is 0.403 e. The second-order valence-electron chi connectivity index (χ2n) is 2.28. The molecule has 0 unspecified atom stereocenters. The van der Waals surface area contributed by atoms with Crippen molar-refractivity contribution in [1.82, 2.24) is 4.98 Å². The maximum absolute atomic E-state index is 11.9. The standard InChI is InChI=1S/C7HBrClF3N2O/c8-5-4(15-7(10,11)12)1-3(2-13)6(9)14-5/h1H. The van der Waals surface area contributed by atoms with Gasteiger partial charge in [0, 0.05) is 6.07 Å². The molecule has 0 aliphatic carbocycles. The van der Waals surface area contributed by atoms with Gasteiger partial charge in [-0.2, -0.15) is 5.26 Å². The molecule has 15 heavy (non-hydrogen) atoms. The van der Waals surface area contributed by atoms with Gasteiger partial charge < -0.3 is 4.74 Å². The van der Waals surface area contributed by atoms with Crippen LogP contribution in [0.15, 0.2) is 10.7 Å². The summed E-state index contributed by atoms with van der Waals surface area (Å²) in [5.41, 5.74) is -0.195. The third-order valence-corrected chi connectivity index (χ3v) is 2.10. The predicted octanol–water partition coefficient (Wildman–Crippen LogP) is 3.27. The van der Waals surface area contributed by atoms with Gasteiger partial charge in [-0.05, 0) is 15.9 Å². The molecule has 0 atom stereocenters. The Morgan fingerprint density at radius 2 is 2.13 bits per heavy atom. The number of hydrogen-bond donors (Lipinski definition) is 0. The Morgan fingerprint density at radius 3 is 2.60 bits per heavy atom. The van der Waals surface area contributed by atoms with Crippen molar-refractivity contribution in [3.63, 3.8) is 0 Å². The molecular weight excluding hydrogens is 300 g/mol. The lowest BCUT2D eigenvalue weighted by molar-refractivity contribution is -0.275. The molecule has 8 heteroatoms. The first-order chi connectivity index (χ1) is 6.83. The Kier molecular flexibility index (Phi) is 3.42. The van der Waals surface area contributed by atoms with Crippen molar-refractivity contribution >= 4 is 27.5 Å². The number of nitrogens with zero attached hydrogens (tertiary/aromatic N) is 2. The van der Waals surface area contributed by atoms with Crippen LogP contribution in [0, 0.1) is 11.3 Å². The highest BCUT2D eigenvalue weighted by Crippen LogP contribution is 2.31. The minimum atomic E-state index is -4.84. The van der Waals surface area contributed by atoms with E-state index in [1.165, 1.54) is 0 Å². The SMILES string of the molecule is N#Cc1cc(OC(F)(F)F)c(Br)nc1Cl. The summed E-state index contributed by atoms with van der Waals surface area (Å²) in [7, 11) is 0. The topological polar surface area (TPSA) is 45.9 Å². The quantitative estimate of drug-likeness (QED) is 0.748. The number of hydrogen-bond acceptors (Lipinski definition) is 3. The minimum absolute atomic E-state index is 0.195. The summed E-state index contributed by atoms with van der Waals surface area (Å²) in [5.74, 6) is -0.608. The summed E-state index contributed by atoms with van der Waals surface area (Å²) in [6.07, 6.45) is -4.84. The minimum Gasteiger partial charge on any atom is -0.403 e. The third-order valence-electron chi connectivity index (χ3n) is 1.24. The van der Waals surface area contributed by atoms with Crippen LogP contribution in [0.25, 0.3) is 0 Å². The summed E-state index contributed by atoms with van der Waals surface area (Å²) < 4.78 is 39.0. The first kappa shape index (κ1) is 12.1. The van der Waals surface area contributed by atoms with Crippen molar-refractivity contribution in [1.29, 1.82) is 5.26 Å². The van der Waals surface area contributed by atoms with E-state index in [9.17, 15) is 13.2 Å². The Hall–Kier alpha value is -1.00. The first-order valence-electron chi connectivity index (χ1n) is 3.35. The molecule has 1 rings (SSSR count). The van der Waals surface area contributed by atoms with Crippen LogP contribution in [0.2, 0.25) is 5.15 Å². The fourth-order valence-corrected chi connectivity index (χ4v) is 1.38. The molecular formula is C7HBrClF3N2O. The van der Waals surface area contributed by atoms with Gasteiger partial charge in [-0.25, -0.2) is 4.98 Å². The van der Waals surface area contributed by atoms with Crippen molar-refractivity contribution in [3.8, 4) is 11.8 Å². The van der Waals surface area contributed by atoms with Crippen LogP contribution in [0.1, 0.15) is 5.56 Å². The van der Waals surface area contributed by atoms with Gasteiger partial charge in [0.25, 0.3) is 0 Å². The van der Waals surface area contributed by atoms with Crippen molar-refractivity contribution in [2.24, 2.45) is 0 Å². The Morgan fingerprint density at radius 1 is 1.53 bits per heavy atom. The summed E-state index contributed by atoms with van der Waals surface area (Å²) >= 11 is 8.21. The lowest BCUT2D eigenvalue weighted by Gasteiger charge is -2.10. The van der Waals surface area contributed by atoms with E-state index in [0.717, 1.165) is 6.07 Å². The largest absolute Gasteiger partial charge is 0.573 e.